The average molecular weight is 359 g/mol. The maximum absolute atomic E-state index is 13.8. The van der Waals surface area contributed by atoms with Crippen LogP contribution in [0.3, 0.4) is 0 Å². The number of fused-ring (bicyclic) bond motifs is 3. The van der Waals surface area contributed by atoms with Crippen LogP contribution in [0.15, 0.2) is 42.5 Å². The van der Waals surface area contributed by atoms with Gasteiger partial charge in [-0.25, -0.2) is 4.39 Å². The Morgan fingerprint density at radius 2 is 2.00 bits per heavy atom. The molecule has 0 fully saturated rings. The molecule has 0 radical (unpaired) electrons. The van der Waals surface area contributed by atoms with Crippen molar-refractivity contribution in [3.8, 4) is 5.75 Å². The van der Waals surface area contributed by atoms with Crippen molar-refractivity contribution in [2.24, 2.45) is 0 Å². The van der Waals surface area contributed by atoms with Gasteiger partial charge in [-0.15, -0.1) is 0 Å². The molecule has 2 heterocycles. The van der Waals surface area contributed by atoms with Crippen LogP contribution in [-0.4, -0.2) is 17.7 Å². The van der Waals surface area contributed by atoms with Gasteiger partial charge in [-0.2, -0.15) is 0 Å². The Balaban J connectivity index is 1.50. The fourth-order valence-electron chi connectivity index (χ4n) is 3.55. The lowest BCUT2D eigenvalue weighted by Gasteiger charge is -2.17. The van der Waals surface area contributed by atoms with Crippen molar-refractivity contribution in [1.29, 1.82) is 0 Å². The van der Waals surface area contributed by atoms with Gasteiger partial charge in [-0.05, 0) is 67.4 Å². The predicted molar refractivity (Wildman–Crippen MR) is 98.9 cm³/mol. The summed E-state index contributed by atoms with van der Waals surface area (Å²) in [5.41, 5.74) is 3.62. The SMILES string of the molecule is Fc1ccc2c3c(n(CCCOc4ccc(Cl)cc4)c2c1)CNCC3. The molecule has 0 saturated carbocycles. The van der Waals surface area contributed by atoms with Crippen LogP contribution < -0.4 is 10.1 Å². The van der Waals surface area contributed by atoms with E-state index in [-0.39, 0.29) is 5.82 Å². The summed E-state index contributed by atoms with van der Waals surface area (Å²) in [5.74, 6) is 0.630. The van der Waals surface area contributed by atoms with Gasteiger partial charge in [0.1, 0.15) is 11.6 Å². The Hall–Kier alpha value is -2.04. The normalized spacial score (nSPS) is 13.8. The molecule has 0 bridgehead atoms. The number of rotatable bonds is 5. The molecule has 1 N–H and O–H groups in total. The lowest BCUT2D eigenvalue weighted by molar-refractivity contribution is 0.301. The van der Waals surface area contributed by atoms with Crippen molar-refractivity contribution >= 4 is 22.5 Å². The van der Waals surface area contributed by atoms with E-state index in [2.05, 4.69) is 9.88 Å². The van der Waals surface area contributed by atoms with Gasteiger partial charge < -0.3 is 14.6 Å². The maximum Gasteiger partial charge on any atom is 0.125 e. The monoisotopic (exact) mass is 358 g/mol. The minimum absolute atomic E-state index is 0.186. The van der Waals surface area contributed by atoms with Crippen LogP contribution in [-0.2, 0) is 19.5 Å². The van der Waals surface area contributed by atoms with Crippen molar-refractivity contribution in [2.75, 3.05) is 13.2 Å². The molecule has 25 heavy (non-hydrogen) atoms. The first kappa shape index (κ1) is 16.4. The van der Waals surface area contributed by atoms with E-state index in [4.69, 9.17) is 16.3 Å². The molecule has 3 aromatic rings. The third-order valence-electron chi connectivity index (χ3n) is 4.70. The van der Waals surface area contributed by atoms with E-state index in [1.807, 2.05) is 30.3 Å². The molecular weight excluding hydrogens is 339 g/mol. The van der Waals surface area contributed by atoms with Crippen LogP contribution in [0.4, 0.5) is 4.39 Å². The highest BCUT2D eigenvalue weighted by Gasteiger charge is 2.19. The largest absolute Gasteiger partial charge is 0.494 e. The lowest BCUT2D eigenvalue weighted by atomic mass is 10.0. The van der Waals surface area contributed by atoms with Crippen LogP contribution in [0.5, 0.6) is 5.75 Å². The van der Waals surface area contributed by atoms with Gasteiger partial charge in [0.05, 0.1) is 12.1 Å². The molecule has 1 aliphatic rings. The molecular formula is C20H20ClFN2O. The first-order valence-electron chi connectivity index (χ1n) is 8.61. The van der Waals surface area contributed by atoms with E-state index in [1.54, 1.807) is 12.1 Å². The zero-order valence-electron chi connectivity index (χ0n) is 13.9. The van der Waals surface area contributed by atoms with E-state index < -0.39 is 0 Å². The van der Waals surface area contributed by atoms with Crippen LogP contribution in [0.25, 0.3) is 10.9 Å². The van der Waals surface area contributed by atoms with Crippen molar-refractivity contribution in [3.63, 3.8) is 0 Å². The summed E-state index contributed by atoms with van der Waals surface area (Å²) < 4.78 is 21.8. The number of hydrogen-bond acceptors (Lipinski definition) is 2. The van der Waals surface area contributed by atoms with Crippen LogP contribution in [0.1, 0.15) is 17.7 Å². The standard InChI is InChI=1S/C20H20ClFN2O/c21-14-2-5-16(6-3-14)25-11-1-10-24-19-12-15(22)4-7-17(19)18-8-9-23-13-20(18)24/h2-7,12,23H,1,8-11,13H2. The highest BCUT2D eigenvalue weighted by molar-refractivity contribution is 6.30. The molecule has 5 heteroatoms. The first-order valence-corrected chi connectivity index (χ1v) is 8.99. The molecule has 1 aliphatic heterocycles. The third-order valence-corrected chi connectivity index (χ3v) is 4.95. The molecule has 130 valence electrons. The van der Waals surface area contributed by atoms with E-state index in [9.17, 15) is 4.39 Å². The number of hydrogen-bond donors (Lipinski definition) is 1. The number of aromatic nitrogens is 1. The fourth-order valence-corrected chi connectivity index (χ4v) is 3.67. The highest BCUT2D eigenvalue weighted by atomic mass is 35.5. The van der Waals surface area contributed by atoms with Crippen molar-refractivity contribution in [2.45, 2.75) is 25.9 Å². The van der Waals surface area contributed by atoms with Gasteiger partial charge in [0.2, 0.25) is 0 Å². The van der Waals surface area contributed by atoms with Gasteiger partial charge in [0, 0.05) is 29.2 Å². The van der Waals surface area contributed by atoms with Crippen LogP contribution in [0.2, 0.25) is 5.02 Å². The summed E-state index contributed by atoms with van der Waals surface area (Å²) in [4.78, 5) is 0. The summed E-state index contributed by atoms with van der Waals surface area (Å²) in [7, 11) is 0. The van der Waals surface area contributed by atoms with E-state index in [0.717, 1.165) is 43.7 Å². The predicted octanol–water partition coefficient (Wildman–Crippen LogP) is 4.55. The zero-order valence-corrected chi connectivity index (χ0v) is 14.7. The van der Waals surface area contributed by atoms with Crippen LogP contribution in [0, 0.1) is 5.82 Å². The Kier molecular flexibility index (Phi) is 4.64. The molecule has 0 spiro atoms. The quantitative estimate of drug-likeness (QED) is 0.677. The lowest BCUT2D eigenvalue weighted by Crippen LogP contribution is -2.25. The van der Waals surface area contributed by atoms with Crippen molar-refractivity contribution in [3.05, 3.63) is 64.6 Å². The minimum Gasteiger partial charge on any atom is -0.494 e. The summed E-state index contributed by atoms with van der Waals surface area (Å²) in [5, 5.41) is 5.30. The number of nitrogens with zero attached hydrogens (tertiary/aromatic N) is 1. The molecule has 0 aliphatic carbocycles. The van der Waals surface area contributed by atoms with E-state index >= 15 is 0 Å². The second kappa shape index (κ2) is 7.06. The number of aryl methyl sites for hydroxylation is 1. The topological polar surface area (TPSA) is 26.2 Å². The zero-order chi connectivity index (χ0) is 17.2. The maximum atomic E-state index is 13.8. The minimum atomic E-state index is -0.186. The second-order valence-electron chi connectivity index (χ2n) is 6.32. The Morgan fingerprint density at radius 3 is 2.84 bits per heavy atom. The van der Waals surface area contributed by atoms with Crippen molar-refractivity contribution in [1.82, 2.24) is 9.88 Å². The number of benzene rings is 2. The van der Waals surface area contributed by atoms with Gasteiger partial charge in [0.15, 0.2) is 0 Å². The molecule has 0 unspecified atom stereocenters. The molecule has 0 amide bonds. The second-order valence-corrected chi connectivity index (χ2v) is 6.76. The number of ether oxygens (including phenoxy) is 1. The highest BCUT2D eigenvalue weighted by Crippen LogP contribution is 2.29. The molecule has 1 aromatic heterocycles. The summed E-state index contributed by atoms with van der Waals surface area (Å²) in [6.45, 7) is 3.23. The molecule has 0 saturated heterocycles. The van der Waals surface area contributed by atoms with Crippen molar-refractivity contribution < 1.29 is 9.13 Å². The van der Waals surface area contributed by atoms with Gasteiger partial charge in [-0.3, -0.25) is 0 Å². The Bertz CT molecular complexity index is 889. The smallest absolute Gasteiger partial charge is 0.125 e. The molecule has 3 nitrogen and oxygen atoms in total. The average Bonchev–Trinajstić information content (AvgIpc) is 2.93. The molecule has 2 aromatic carbocycles. The van der Waals surface area contributed by atoms with Gasteiger partial charge >= 0.3 is 0 Å². The fraction of sp³-hybridized carbons (Fsp3) is 0.300. The van der Waals surface area contributed by atoms with Gasteiger partial charge in [-0.1, -0.05) is 11.6 Å². The Morgan fingerprint density at radius 1 is 1.16 bits per heavy atom. The Labute approximate surface area is 151 Å². The first-order chi connectivity index (χ1) is 12.2. The van der Waals surface area contributed by atoms with Crippen LogP contribution >= 0.6 is 11.6 Å². The molecule has 0 atom stereocenters. The molecule has 4 rings (SSSR count). The summed E-state index contributed by atoms with van der Waals surface area (Å²) in [6.07, 6.45) is 1.85. The third kappa shape index (κ3) is 3.37. The van der Waals surface area contributed by atoms with E-state index in [0.29, 0.717) is 11.6 Å². The number of nitrogens with one attached hydrogen (secondary N) is 1. The van der Waals surface area contributed by atoms with E-state index in [1.165, 1.54) is 16.6 Å². The van der Waals surface area contributed by atoms with Gasteiger partial charge in [0.25, 0.3) is 0 Å². The number of halogens is 2. The summed E-state index contributed by atoms with van der Waals surface area (Å²) in [6, 6.07) is 12.5. The summed E-state index contributed by atoms with van der Waals surface area (Å²) >= 11 is 5.88.